The summed E-state index contributed by atoms with van der Waals surface area (Å²) < 4.78 is 12.2. The minimum atomic E-state index is -0.309. The fourth-order valence-corrected chi connectivity index (χ4v) is 2.54. The molecule has 2 rings (SSSR count). The molecular formula is C14H18N4O3S. The maximum atomic E-state index is 12.2. The lowest BCUT2D eigenvalue weighted by atomic mass is 10.2. The Morgan fingerprint density at radius 3 is 2.64 bits per heavy atom. The lowest BCUT2D eigenvalue weighted by Crippen LogP contribution is -2.22. The molecule has 1 amide bonds. The minimum Gasteiger partial charge on any atom is -0.493 e. The van der Waals surface area contributed by atoms with Crippen LogP contribution in [0.4, 0.5) is 5.69 Å². The molecule has 0 saturated heterocycles. The molecule has 0 saturated carbocycles. The van der Waals surface area contributed by atoms with E-state index < -0.39 is 0 Å². The molecule has 1 atom stereocenters. The molecule has 0 spiro atoms. The molecule has 8 heteroatoms. The monoisotopic (exact) mass is 322 g/mol. The van der Waals surface area contributed by atoms with Crippen LogP contribution in [0, 0.1) is 0 Å². The molecule has 1 N–H and O–H groups in total. The van der Waals surface area contributed by atoms with Crippen LogP contribution in [0.25, 0.3) is 0 Å². The first-order valence-corrected chi connectivity index (χ1v) is 7.46. The van der Waals surface area contributed by atoms with Crippen molar-refractivity contribution in [3.05, 3.63) is 24.5 Å². The van der Waals surface area contributed by atoms with Crippen LogP contribution in [0.2, 0.25) is 0 Å². The first-order valence-electron chi connectivity index (χ1n) is 6.58. The SMILES string of the molecule is COc1ccc(NC(=O)C(C)Sc2nncn2C)cc1OC. The van der Waals surface area contributed by atoms with Crippen LogP contribution in [-0.4, -0.2) is 40.1 Å². The van der Waals surface area contributed by atoms with Gasteiger partial charge in [0, 0.05) is 18.8 Å². The Hall–Kier alpha value is -2.22. The number of nitrogens with zero attached hydrogens (tertiary/aromatic N) is 3. The molecular weight excluding hydrogens is 304 g/mol. The molecule has 0 bridgehead atoms. The standard InChI is InChI=1S/C14H18N4O3S/c1-9(22-14-17-15-8-18(14)2)13(19)16-10-5-6-11(20-3)12(7-10)21-4/h5-9H,1-4H3,(H,16,19). The first kappa shape index (κ1) is 16.2. The summed E-state index contributed by atoms with van der Waals surface area (Å²) in [6, 6.07) is 5.23. The van der Waals surface area contributed by atoms with Gasteiger partial charge in [0.2, 0.25) is 5.91 Å². The molecule has 0 aliphatic heterocycles. The smallest absolute Gasteiger partial charge is 0.237 e. The number of nitrogens with one attached hydrogen (secondary N) is 1. The maximum Gasteiger partial charge on any atom is 0.237 e. The molecule has 7 nitrogen and oxygen atoms in total. The van der Waals surface area contributed by atoms with Crippen molar-refractivity contribution in [2.24, 2.45) is 7.05 Å². The van der Waals surface area contributed by atoms with Gasteiger partial charge in [-0.25, -0.2) is 0 Å². The summed E-state index contributed by atoms with van der Waals surface area (Å²) in [5.74, 6) is 1.05. The molecule has 1 unspecified atom stereocenters. The predicted octanol–water partition coefficient (Wildman–Crippen LogP) is 1.95. The number of rotatable bonds is 6. The highest BCUT2D eigenvalue weighted by molar-refractivity contribution is 8.00. The lowest BCUT2D eigenvalue weighted by molar-refractivity contribution is -0.115. The summed E-state index contributed by atoms with van der Waals surface area (Å²) in [5, 5.41) is 11.0. The van der Waals surface area contributed by atoms with E-state index in [0.29, 0.717) is 22.3 Å². The van der Waals surface area contributed by atoms with Gasteiger partial charge in [-0.1, -0.05) is 11.8 Å². The van der Waals surface area contributed by atoms with Crippen LogP contribution in [0.15, 0.2) is 29.7 Å². The molecule has 1 aromatic carbocycles. The van der Waals surface area contributed by atoms with Gasteiger partial charge in [-0.2, -0.15) is 0 Å². The second kappa shape index (κ2) is 7.17. The number of carbonyl (C=O) groups is 1. The number of ether oxygens (including phenoxy) is 2. The van der Waals surface area contributed by atoms with Crippen LogP contribution >= 0.6 is 11.8 Å². The third kappa shape index (κ3) is 3.70. The first-order chi connectivity index (χ1) is 10.5. The van der Waals surface area contributed by atoms with Gasteiger partial charge in [0.25, 0.3) is 0 Å². The third-order valence-electron chi connectivity index (χ3n) is 2.97. The van der Waals surface area contributed by atoms with Crippen LogP contribution < -0.4 is 14.8 Å². The van der Waals surface area contributed by atoms with Gasteiger partial charge in [0.05, 0.1) is 19.5 Å². The van der Waals surface area contributed by atoms with Crippen molar-refractivity contribution in [1.82, 2.24) is 14.8 Å². The van der Waals surface area contributed by atoms with Gasteiger partial charge >= 0.3 is 0 Å². The van der Waals surface area contributed by atoms with E-state index in [0.717, 1.165) is 0 Å². The number of anilines is 1. The van der Waals surface area contributed by atoms with Crippen molar-refractivity contribution in [2.75, 3.05) is 19.5 Å². The van der Waals surface area contributed by atoms with E-state index in [2.05, 4.69) is 15.5 Å². The number of hydrogen-bond donors (Lipinski definition) is 1. The zero-order valence-corrected chi connectivity index (χ0v) is 13.7. The van der Waals surface area contributed by atoms with Gasteiger partial charge in [0.15, 0.2) is 16.7 Å². The Morgan fingerprint density at radius 1 is 1.32 bits per heavy atom. The number of thioether (sulfide) groups is 1. The summed E-state index contributed by atoms with van der Waals surface area (Å²) in [6.07, 6.45) is 1.60. The Balaban J connectivity index is 2.03. The number of aromatic nitrogens is 3. The van der Waals surface area contributed by atoms with Crippen molar-refractivity contribution in [3.8, 4) is 11.5 Å². The van der Waals surface area contributed by atoms with Gasteiger partial charge in [0.1, 0.15) is 6.33 Å². The molecule has 2 aromatic rings. The van der Waals surface area contributed by atoms with Gasteiger partial charge in [-0.15, -0.1) is 10.2 Å². The van der Waals surface area contributed by atoms with Gasteiger partial charge in [-0.05, 0) is 19.1 Å². The van der Waals surface area contributed by atoms with Crippen molar-refractivity contribution in [1.29, 1.82) is 0 Å². The summed E-state index contributed by atoms with van der Waals surface area (Å²) in [6.45, 7) is 1.81. The number of carbonyl (C=O) groups excluding carboxylic acids is 1. The highest BCUT2D eigenvalue weighted by atomic mass is 32.2. The Bertz CT molecular complexity index is 659. The average Bonchev–Trinajstić information content (AvgIpc) is 2.92. The van der Waals surface area contributed by atoms with Crippen LogP contribution in [-0.2, 0) is 11.8 Å². The summed E-state index contributed by atoms with van der Waals surface area (Å²) in [5.41, 5.74) is 0.646. The normalized spacial score (nSPS) is 11.8. The molecule has 22 heavy (non-hydrogen) atoms. The van der Waals surface area contributed by atoms with Crippen LogP contribution in [0.1, 0.15) is 6.92 Å². The predicted molar refractivity (Wildman–Crippen MR) is 84.5 cm³/mol. The van der Waals surface area contributed by atoms with E-state index in [4.69, 9.17) is 9.47 Å². The van der Waals surface area contributed by atoms with E-state index in [1.165, 1.54) is 11.8 Å². The minimum absolute atomic E-state index is 0.125. The Morgan fingerprint density at radius 2 is 2.05 bits per heavy atom. The summed E-state index contributed by atoms with van der Waals surface area (Å²) in [4.78, 5) is 12.2. The Kier molecular flexibility index (Phi) is 5.26. The van der Waals surface area contributed by atoms with E-state index >= 15 is 0 Å². The molecule has 0 radical (unpaired) electrons. The fourth-order valence-electron chi connectivity index (χ4n) is 1.75. The zero-order valence-electron chi connectivity index (χ0n) is 12.9. The molecule has 0 aliphatic carbocycles. The van der Waals surface area contributed by atoms with Crippen molar-refractivity contribution in [3.63, 3.8) is 0 Å². The highest BCUT2D eigenvalue weighted by Crippen LogP contribution is 2.30. The highest BCUT2D eigenvalue weighted by Gasteiger charge is 2.17. The number of methoxy groups -OCH3 is 2. The zero-order chi connectivity index (χ0) is 16.1. The summed E-state index contributed by atoms with van der Waals surface area (Å²) in [7, 11) is 4.95. The van der Waals surface area contributed by atoms with E-state index in [9.17, 15) is 4.79 Å². The molecule has 0 aliphatic rings. The number of aryl methyl sites for hydroxylation is 1. The molecule has 1 heterocycles. The lowest BCUT2D eigenvalue weighted by Gasteiger charge is -2.13. The van der Waals surface area contributed by atoms with E-state index in [1.54, 1.807) is 43.3 Å². The van der Waals surface area contributed by atoms with E-state index in [-0.39, 0.29) is 11.2 Å². The molecule has 1 aromatic heterocycles. The van der Waals surface area contributed by atoms with Crippen molar-refractivity contribution < 1.29 is 14.3 Å². The van der Waals surface area contributed by atoms with Gasteiger partial charge in [-0.3, -0.25) is 4.79 Å². The maximum absolute atomic E-state index is 12.2. The van der Waals surface area contributed by atoms with Crippen molar-refractivity contribution in [2.45, 2.75) is 17.3 Å². The largest absolute Gasteiger partial charge is 0.493 e. The number of amides is 1. The molecule has 118 valence electrons. The second-order valence-corrected chi connectivity index (χ2v) is 5.85. The van der Waals surface area contributed by atoms with Crippen LogP contribution in [0.3, 0.4) is 0 Å². The number of benzene rings is 1. The fraction of sp³-hybridized carbons (Fsp3) is 0.357. The van der Waals surface area contributed by atoms with Crippen LogP contribution in [0.5, 0.6) is 11.5 Å². The van der Waals surface area contributed by atoms with Crippen molar-refractivity contribution >= 4 is 23.4 Å². The topological polar surface area (TPSA) is 78.3 Å². The average molecular weight is 322 g/mol. The molecule has 0 fully saturated rings. The Labute approximate surface area is 133 Å². The third-order valence-corrected chi connectivity index (χ3v) is 4.12. The second-order valence-electron chi connectivity index (χ2n) is 4.54. The quantitative estimate of drug-likeness (QED) is 0.819. The number of hydrogen-bond acceptors (Lipinski definition) is 6. The van der Waals surface area contributed by atoms with E-state index in [1.807, 2.05) is 14.0 Å². The summed E-state index contributed by atoms with van der Waals surface area (Å²) >= 11 is 1.34. The van der Waals surface area contributed by atoms with Gasteiger partial charge < -0.3 is 19.4 Å².